The van der Waals surface area contributed by atoms with E-state index < -0.39 is 11.6 Å². The van der Waals surface area contributed by atoms with Crippen molar-refractivity contribution in [3.63, 3.8) is 0 Å². The van der Waals surface area contributed by atoms with Crippen LogP contribution < -0.4 is 5.14 Å². The van der Waals surface area contributed by atoms with Gasteiger partial charge in [-0.25, -0.2) is 8.78 Å². The molecular formula is C14H21F2NS. The number of hydrogen-bond acceptors (Lipinski definition) is 2. The van der Waals surface area contributed by atoms with Crippen LogP contribution in [0.1, 0.15) is 45.6 Å². The average molecular weight is 273 g/mol. The summed E-state index contributed by atoms with van der Waals surface area (Å²) in [5.41, 5.74) is 0.713. The van der Waals surface area contributed by atoms with Crippen molar-refractivity contribution < 1.29 is 8.78 Å². The van der Waals surface area contributed by atoms with E-state index in [-0.39, 0.29) is 10.7 Å². The molecule has 0 spiro atoms. The third kappa shape index (κ3) is 4.25. The van der Waals surface area contributed by atoms with E-state index >= 15 is 0 Å². The van der Waals surface area contributed by atoms with Crippen LogP contribution in [0, 0.1) is 17.6 Å². The van der Waals surface area contributed by atoms with E-state index in [1.165, 1.54) is 24.1 Å². The molecule has 0 bridgehead atoms. The summed E-state index contributed by atoms with van der Waals surface area (Å²) in [4.78, 5) is 0. The fourth-order valence-electron chi connectivity index (χ4n) is 2.11. The Morgan fingerprint density at radius 2 is 1.67 bits per heavy atom. The monoisotopic (exact) mass is 273 g/mol. The van der Waals surface area contributed by atoms with Crippen LogP contribution in [-0.4, -0.2) is 4.75 Å². The van der Waals surface area contributed by atoms with Crippen molar-refractivity contribution >= 4 is 11.9 Å². The van der Waals surface area contributed by atoms with Gasteiger partial charge in [0.25, 0.3) is 0 Å². The first-order chi connectivity index (χ1) is 8.25. The molecule has 0 aromatic heterocycles. The van der Waals surface area contributed by atoms with Crippen LogP contribution in [0.5, 0.6) is 0 Å². The van der Waals surface area contributed by atoms with Crippen LogP contribution in [0.15, 0.2) is 18.2 Å². The summed E-state index contributed by atoms with van der Waals surface area (Å²) in [7, 11) is 0. The Hall–Kier alpha value is -0.610. The first kappa shape index (κ1) is 15.4. The van der Waals surface area contributed by atoms with E-state index in [9.17, 15) is 8.78 Å². The standard InChI is InChI=1S/C14H21F2NS/c1-9(2)13(8-14(3,4)18-17)10-5-11(15)7-12(16)6-10/h5-7,9,13H,8,17H2,1-4H3. The predicted octanol–water partition coefficient (Wildman–Crippen LogP) is 4.48. The van der Waals surface area contributed by atoms with E-state index in [0.29, 0.717) is 11.5 Å². The zero-order valence-corrected chi connectivity index (χ0v) is 12.2. The Bertz CT molecular complexity index is 385. The van der Waals surface area contributed by atoms with Gasteiger partial charge in [0.2, 0.25) is 0 Å². The van der Waals surface area contributed by atoms with Crippen molar-refractivity contribution in [3.8, 4) is 0 Å². The van der Waals surface area contributed by atoms with Crippen LogP contribution in [-0.2, 0) is 0 Å². The van der Waals surface area contributed by atoms with Crippen LogP contribution in [0.25, 0.3) is 0 Å². The van der Waals surface area contributed by atoms with E-state index in [1.54, 1.807) is 0 Å². The lowest BCUT2D eigenvalue weighted by Gasteiger charge is -2.30. The van der Waals surface area contributed by atoms with Crippen molar-refractivity contribution in [1.29, 1.82) is 0 Å². The maximum atomic E-state index is 13.3. The Balaban J connectivity index is 3.05. The van der Waals surface area contributed by atoms with Crippen LogP contribution in [0.2, 0.25) is 0 Å². The molecular weight excluding hydrogens is 252 g/mol. The quantitative estimate of drug-likeness (QED) is 0.800. The van der Waals surface area contributed by atoms with Crippen molar-refractivity contribution in [2.45, 2.75) is 44.8 Å². The molecule has 0 aliphatic heterocycles. The Labute approximate surface area is 112 Å². The molecule has 0 heterocycles. The third-order valence-electron chi connectivity index (χ3n) is 3.15. The van der Waals surface area contributed by atoms with Gasteiger partial charge in [-0.15, -0.1) is 0 Å². The molecule has 1 aromatic rings. The van der Waals surface area contributed by atoms with Gasteiger partial charge in [-0.1, -0.05) is 25.8 Å². The Morgan fingerprint density at radius 3 is 2.06 bits per heavy atom. The molecule has 18 heavy (non-hydrogen) atoms. The van der Waals surface area contributed by atoms with E-state index in [4.69, 9.17) is 5.14 Å². The van der Waals surface area contributed by atoms with E-state index in [2.05, 4.69) is 13.8 Å². The lowest BCUT2D eigenvalue weighted by molar-refractivity contribution is 0.424. The minimum atomic E-state index is -0.520. The molecule has 0 amide bonds. The summed E-state index contributed by atoms with van der Waals surface area (Å²) in [5.74, 6) is -0.637. The molecule has 1 aromatic carbocycles. The van der Waals surface area contributed by atoms with E-state index in [1.807, 2.05) is 13.8 Å². The molecule has 1 nitrogen and oxygen atoms in total. The average Bonchev–Trinajstić information content (AvgIpc) is 2.24. The van der Waals surface area contributed by atoms with Gasteiger partial charge in [-0.2, -0.15) is 0 Å². The topological polar surface area (TPSA) is 26.0 Å². The van der Waals surface area contributed by atoms with Crippen molar-refractivity contribution in [3.05, 3.63) is 35.4 Å². The highest BCUT2D eigenvalue weighted by Gasteiger charge is 2.26. The number of rotatable bonds is 5. The zero-order valence-electron chi connectivity index (χ0n) is 11.3. The van der Waals surface area contributed by atoms with Crippen LogP contribution in [0.4, 0.5) is 8.78 Å². The lowest BCUT2D eigenvalue weighted by Crippen LogP contribution is -2.23. The summed E-state index contributed by atoms with van der Waals surface area (Å²) in [6.07, 6.45) is 0.786. The zero-order chi connectivity index (χ0) is 13.9. The molecule has 0 saturated carbocycles. The molecule has 1 unspecified atom stereocenters. The van der Waals surface area contributed by atoms with Crippen LogP contribution >= 0.6 is 11.9 Å². The molecule has 1 atom stereocenters. The Kier molecular flexibility index (Phi) is 5.17. The normalized spacial score (nSPS) is 14.0. The fraction of sp³-hybridized carbons (Fsp3) is 0.571. The molecule has 0 saturated heterocycles. The fourth-order valence-corrected chi connectivity index (χ4v) is 2.38. The molecule has 102 valence electrons. The summed E-state index contributed by atoms with van der Waals surface area (Å²) >= 11 is 1.29. The van der Waals surface area contributed by atoms with Gasteiger partial charge in [0.05, 0.1) is 0 Å². The smallest absolute Gasteiger partial charge is 0.126 e. The molecule has 0 radical (unpaired) electrons. The Morgan fingerprint density at radius 1 is 1.17 bits per heavy atom. The number of halogens is 2. The summed E-state index contributed by atoms with van der Waals surface area (Å²) < 4.78 is 26.5. The number of benzene rings is 1. The third-order valence-corrected chi connectivity index (χ3v) is 3.95. The number of nitrogens with two attached hydrogens (primary N) is 1. The van der Waals surface area contributed by atoms with Crippen molar-refractivity contribution in [1.82, 2.24) is 0 Å². The van der Waals surface area contributed by atoms with Gasteiger partial charge in [0.15, 0.2) is 0 Å². The van der Waals surface area contributed by atoms with Gasteiger partial charge in [0, 0.05) is 10.8 Å². The van der Waals surface area contributed by atoms with Gasteiger partial charge < -0.3 is 0 Å². The first-order valence-electron chi connectivity index (χ1n) is 6.09. The minimum Gasteiger partial charge on any atom is -0.277 e. The molecule has 0 fully saturated rings. The van der Waals surface area contributed by atoms with Gasteiger partial charge in [0.1, 0.15) is 11.6 Å². The minimum absolute atomic E-state index is 0.0984. The second-order valence-corrected chi connectivity index (χ2v) is 6.98. The van der Waals surface area contributed by atoms with Gasteiger partial charge in [-0.05, 0) is 49.8 Å². The largest absolute Gasteiger partial charge is 0.277 e. The SMILES string of the molecule is CC(C)C(CC(C)(C)SN)c1cc(F)cc(F)c1. The molecule has 4 heteroatoms. The molecule has 2 N–H and O–H groups in total. The lowest BCUT2D eigenvalue weighted by atomic mass is 9.82. The maximum absolute atomic E-state index is 13.3. The highest BCUT2D eigenvalue weighted by atomic mass is 32.2. The predicted molar refractivity (Wildman–Crippen MR) is 74.4 cm³/mol. The highest BCUT2D eigenvalue weighted by Crippen LogP contribution is 2.37. The van der Waals surface area contributed by atoms with Gasteiger partial charge in [-0.3, -0.25) is 5.14 Å². The summed E-state index contributed by atoms with van der Waals surface area (Å²) in [5, 5.41) is 5.66. The molecule has 0 aliphatic carbocycles. The molecule has 1 rings (SSSR count). The highest BCUT2D eigenvalue weighted by molar-refractivity contribution is 7.98. The second kappa shape index (κ2) is 6.02. The van der Waals surface area contributed by atoms with Crippen molar-refractivity contribution in [2.75, 3.05) is 0 Å². The van der Waals surface area contributed by atoms with E-state index in [0.717, 1.165) is 12.5 Å². The maximum Gasteiger partial charge on any atom is 0.126 e. The molecule has 0 aliphatic rings. The van der Waals surface area contributed by atoms with Crippen LogP contribution in [0.3, 0.4) is 0 Å². The second-order valence-electron chi connectivity index (χ2n) is 5.63. The summed E-state index contributed by atoms with van der Waals surface area (Å²) in [6.45, 7) is 8.21. The first-order valence-corrected chi connectivity index (χ1v) is 6.97. The van der Waals surface area contributed by atoms with Gasteiger partial charge >= 0.3 is 0 Å². The summed E-state index contributed by atoms with van der Waals surface area (Å²) in [6, 6.07) is 3.75. The van der Waals surface area contributed by atoms with Crippen molar-refractivity contribution in [2.24, 2.45) is 11.1 Å². The number of hydrogen-bond donors (Lipinski definition) is 1.